The Morgan fingerprint density at radius 1 is 1.13 bits per heavy atom. The summed E-state index contributed by atoms with van der Waals surface area (Å²) in [6.45, 7) is 11.3. The molecular weight excluding hydrogens is 480 g/mol. The normalized spacial score (nSPS) is 13.8. The van der Waals surface area contributed by atoms with Crippen molar-refractivity contribution in [3.05, 3.63) is 65.9 Å². The van der Waals surface area contributed by atoms with Gasteiger partial charge in [0.05, 0.1) is 24.6 Å². The standard InChI is InChI=1S/C29H36N6O3/c1-6-24-19(4)31-29(34-27(24)32-21-9-7-20(8-10-21)28(37)30-18(2)3)33-25-12-11-22(17-26(25)38-5)35-15-13-23(36)14-16-35/h6-12,17-18,23,36H,1,13-16H2,2-5H3,(H,30,37)(H2,31,32,33,34). The van der Waals surface area contributed by atoms with E-state index in [0.717, 1.165) is 54.3 Å². The molecule has 0 spiro atoms. The molecule has 1 aromatic heterocycles. The Kier molecular flexibility index (Phi) is 8.48. The molecule has 200 valence electrons. The zero-order chi connectivity index (χ0) is 27.2. The van der Waals surface area contributed by atoms with Crippen molar-refractivity contribution in [1.29, 1.82) is 0 Å². The molecule has 2 aromatic carbocycles. The Morgan fingerprint density at radius 3 is 2.47 bits per heavy atom. The molecule has 38 heavy (non-hydrogen) atoms. The zero-order valence-corrected chi connectivity index (χ0v) is 22.4. The van der Waals surface area contributed by atoms with Gasteiger partial charge in [0.15, 0.2) is 0 Å². The number of aromatic nitrogens is 2. The van der Waals surface area contributed by atoms with Gasteiger partial charge in [0.1, 0.15) is 11.6 Å². The number of hydrogen-bond acceptors (Lipinski definition) is 8. The second kappa shape index (κ2) is 12.0. The monoisotopic (exact) mass is 516 g/mol. The minimum Gasteiger partial charge on any atom is -0.494 e. The van der Waals surface area contributed by atoms with Gasteiger partial charge in [-0.05, 0) is 70.0 Å². The lowest BCUT2D eigenvalue weighted by Crippen LogP contribution is -2.35. The third-order valence-corrected chi connectivity index (χ3v) is 6.43. The van der Waals surface area contributed by atoms with E-state index in [1.54, 1.807) is 25.3 Å². The van der Waals surface area contributed by atoms with Crippen LogP contribution in [0.25, 0.3) is 6.08 Å². The predicted octanol–water partition coefficient (Wildman–Crippen LogP) is 5.02. The number of aryl methyl sites for hydroxylation is 1. The first-order valence-corrected chi connectivity index (χ1v) is 12.8. The molecule has 0 radical (unpaired) electrons. The highest BCUT2D eigenvalue weighted by molar-refractivity contribution is 5.94. The Labute approximate surface area is 224 Å². The number of carbonyl (C=O) groups is 1. The van der Waals surface area contributed by atoms with Gasteiger partial charge < -0.3 is 30.7 Å². The van der Waals surface area contributed by atoms with Crippen LogP contribution in [-0.2, 0) is 0 Å². The van der Waals surface area contributed by atoms with Crippen molar-refractivity contribution in [2.24, 2.45) is 0 Å². The molecule has 1 aliphatic heterocycles. The largest absolute Gasteiger partial charge is 0.494 e. The van der Waals surface area contributed by atoms with Crippen molar-refractivity contribution in [1.82, 2.24) is 15.3 Å². The van der Waals surface area contributed by atoms with Crippen LogP contribution < -0.4 is 25.6 Å². The molecule has 1 aliphatic rings. The van der Waals surface area contributed by atoms with Gasteiger partial charge >= 0.3 is 0 Å². The third kappa shape index (κ3) is 6.41. The Bertz CT molecular complexity index is 1280. The molecule has 2 heterocycles. The molecule has 0 bridgehead atoms. The van der Waals surface area contributed by atoms with Crippen LogP contribution in [0.1, 0.15) is 48.3 Å². The van der Waals surface area contributed by atoms with Gasteiger partial charge in [-0.2, -0.15) is 4.98 Å². The number of aliphatic hydroxyl groups excluding tert-OH is 1. The van der Waals surface area contributed by atoms with E-state index in [9.17, 15) is 9.90 Å². The maximum Gasteiger partial charge on any atom is 0.251 e. The first kappa shape index (κ1) is 26.9. The van der Waals surface area contributed by atoms with Crippen LogP contribution >= 0.6 is 0 Å². The van der Waals surface area contributed by atoms with Crippen molar-refractivity contribution in [3.8, 4) is 5.75 Å². The molecule has 9 nitrogen and oxygen atoms in total. The quantitative estimate of drug-likeness (QED) is 0.314. The van der Waals surface area contributed by atoms with Crippen molar-refractivity contribution in [2.45, 2.75) is 45.8 Å². The van der Waals surface area contributed by atoms with Crippen LogP contribution in [0.2, 0.25) is 0 Å². The number of benzene rings is 2. The molecule has 3 aromatic rings. The molecule has 0 aliphatic carbocycles. The number of anilines is 5. The summed E-state index contributed by atoms with van der Waals surface area (Å²) in [6, 6.07) is 13.3. The Morgan fingerprint density at radius 2 is 1.84 bits per heavy atom. The number of amides is 1. The van der Waals surface area contributed by atoms with E-state index < -0.39 is 0 Å². The van der Waals surface area contributed by atoms with Crippen molar-refractivity contribution in [2.75, 3.05) is 35.7 Å². The number of nitrogens with zero attached hydrogens (tertiary/aromatic N) is 3. The second-order valence-electron chi connectivity index (χ2n) is 9.66. The summed E-state index contributed by atoms with van der Waals surface area (Å²) in [4.78, 5) is 23.8. The summed E-state index contributed by atoms with van der Waals surface area (Å²) in [5.41, 5.74) is 4.71. The summed E-state index contributed by atoms with van der Waals surface area (Å²) in [7, 11) is 1.63. The number of rotatable bonds is 9. The van der Waals surface area contributed by atoms with E-state index in [4.69, 9.17) is 9.72 Å². The zero-order valence-electron chi connectivity index (χ0n) is 22.4. The molecule has 0 unspecified atom stereocenters. The van der Waals surface area contributed by atoms with Crippen LogP contribution in [0.15, 0.2) is 49.0 Å². The topological polar surface area (TPSA) is 112 Å². The molecule has 4 N–H and O–H groups in total. The van der Waals surface area contributed by atoms with Gasteiger partial charge in [-0.25, -0.2) is 4.98 Å². The SMILES string of the molecule is C=Cc1c(C)nc(Nc2ccc(N3CCC(O)CC3)cc2OC)nc1Nc1ccc(C(=O)NC(C)C)cc1. The fourth-order valence-electron chi connectivity index (χ4n) is 4.39. The molecular formula is C29H36N6O3. The van der Waals surface area contributed by atoms with Crippen molar-refractivity contribution in [3.63, 3.8) is 0 Å². The average Bonchev–Trinajstić information content (AvgIpc) is 2.89. The smallest absolute Gasteiger partial charge is 0.251 e. The number of hydrogen-bond donors (Lipinski definition) is 4. The lowest BCUT2D eigenvalue weighted by atomic mass is 10.1. The minimum absolute atomic E-state index is 0.0685. The lowest BCUT2D eigenvalue weighted by Gasteiger charge is -2.31. The van der Waals surface area contributed by atoms with Crippen LogP contribution in [0.3, 0.4) is 0 Å². The van der Waals surface area contributed by atoms with Gasteiger partial charge in [-0.3, -0.25) is 4.79 Å². The average molecular weight is 517 g/mol. The minimum atomic E-state index is -0.224. The van der Waals surface area contributed by atoms with Crippen molar-refractivity contribution < 1.29 is 14.6 Å². The predicted molar refractivity (Wildman–Crippen MR) is 153 cm³/mol. The van der Waals surface area contributed by atoms with Crippen LogP contribution in [0.4, 0.5) is 28.8 Å². The van der Waals surface area contributed by atoms with Crippen LogP contribution in [0.5, 0.6) is 5.75 Å². The van der Waals surface area contributed by atoms with E-state index >= 15 is 0 Å². The fourth-order valence-corrected chi connectivity index (χ4v) is 4.39. The summed E-state index contributed by atoms with van der Waals surface area (Å²) in [5, 5.41) is 19.3. The van der Waals surface area contributed by atoms with Gasteiger partial charge in [0.25, 0.3) is 5.91 Å². The van der Waals surface area contributed by atoms with E-state index in [-0.39, 0.29) is 18.1 Å². The van der Waals surface area contributed by atoms with Gasteiger partial charge in [0, 0.05) is 47.7 Å². The number of piperidine rings is 1. The first-order valence-electron chi connectivity index (χ1n) is 12.8. The molecule has 0 atom stereocenters. The number of ether oxygens (including phenoxy) is 1. The van der Waals surface area contributed by atoms with E-state index in [1.165, 1.54) is 0 Å². The van der Waals surface area contributed by atoms with Gasteiger partial charge in [-0.1, -0.05) is 12.7 Å². The number of nitrogens with one attached hydrogen (secondary N) is 3. The molecule has 4 rings (SSSR count). The van der Waals surface area contributed by atoms with E-state index in [1.807, 2.05) is 51.1 Å². The summed E-state index contributed by atoms with van der Waals surface area (Å²) < 4.78 is 5.67. The fraction of sp³-hybridized carbons (Fsp3) is 0.345. The molecule has 9 heteroatoms. The Hall–Kier alpha value is -4.11. The van der Waals surface area contributed by atoms with Gasteiger partial charge in [0.2, 0.25) is 5.95 Å². The third-order valence-electron chi connectivity index (χ3n) is 6.43. The highest BCUT2D eigenvalue weighted by Crippen LogP contribution is 2.33. The molecule has 1 saturated heterocycles. The summed E-state index contributed by atoms with van der Waals surface area (Å²) in [6.07, 6.45) is 3.01. The molecule has 0 saturated carbocycles. The molecule has 1 fully saturated rings. The van der Waals surface area contributed by atoms with Crippen LogP contribution in [-0.4, -0.2) is 53.3 Å². The van der Waals surface area contributed by atoms with E-state index in [0.29, 0.717) is 23.1 Å². The van der Waals surface area contributed by atoms with Crippen molar-refractivity contribution >= 4 is 40.8 Å². The highest BCUT2D eigenvalue weighted by Gasteiger charge is 2.19. The number of methoxy groups -OCH3 is 1. The summed E-state index contributed by atoms with van der Waals surface area (Å²) >= 11 is 0. The Balaban J connectivity index is 1.55. The number of aliphatic hydroxyl groups is 1. The van der Waals surface area contributed by atoms with Crippen LogP contribution in [0, 0.1) is 6.92 Å². The lowest BCUT2D eigenvalue weighted by molar-refractivity contribution is 0.0943. The maximum absolute atomic E-state index is 12.3. The second-order valence-corrected chi connectivity index (χ2v) is 9.66. The molecule has 1 amide bonds. The summed E-state index contributed by atoms with van der Waals surface area (Å²) in [5.74, 6) is 1.57. The number of carbonyl (C=O) groups excluding carboxylic acids is 1. The van der Waals surface area contributed by atoms with E-state index in [2.05, 4.69) is 32.4 Å². The first-order chi connectivity index (χ1) is 18.3. The maximum atomic E-state index is 12.3. The highest BCUT2D eigenvalue weighted by atomic mass is 16.5. The van der Waals surface area contributed by atoms with Gasteiger partial charge in [-0.15, -0.1) is 0 Å².